The van der Waals surface area contributed by atoms with E-state index < -0.39 is 29.4 Å². The van der Waals surface area contributed by atoms with Crippen LogP contribution in [0.2, 0.25) is 0 Å². The topological polar surface area (TPSA) is 92.7 Å². The van der Waals surface area contributed by atoms with Gasteiger partial charge in [0.2, 0.25) is 5.78 Å². The van der Waals surface area contributed by atoms with Gasteiger partial charge in [-0.1, -0.05) is 0 Å². The predicted molar refractivity (Wildman–Crippen MR) is 55.5 cm³/mol. The van der Waals surface area contributed by atoms with E-state index in [-0.39, 0.29) is 6.54 Å². The van der Waals surface area contributed by atoms with E-state index in [1.165, 1.54) is 0 Å². The minimum Gasteiger partial charge on any atom is -0.458 e. The van der Waals surface area contributed by atoms with Gasteiger partial charge in [0.15, 0.2) is 6.10 Å². The normalized spacial score (nSPS) is 12.8. The second-order valence-electron chi connectivity index (χ2n) is 4.32. The predicted octanol–water partition coefficient (Wildman–Crippen LogP) is -0.606. The summed E-state index contributed by atoms with van der Waals surface area (Å²) in [6, 6.07) is 0. The van der Waals surface area contributed by atoms with E-state index in [4.69, 9.17) is 4.74 Å². The van der Waals surface area contributed by atoms with E-state index in [1.54, 1.807) is 20.8 Å². The summed E-state index contributed by atoms with van der Waals surface area (Å²) in [5.74, 6) is -2.37. The van der Waals surface area contributed by atoms with Crippen LogP contribution < -0.4 is 5.32 Å². The lowest BCUT2D eigenvalue weighted by Gasteiger charge is -2.21. The third-order valence-electron chi connectivity index (χ3n) is 1.45. The van der Waals surface area contributed by atoms with Crippen molar-refractivity contribution in [2.45, 2.75) is 39.4 Å². The van der Waals surface area contributed by atoms with Gasteiger partial charge in [0.05, 0.1) is 6.54 Å². The molecule has 0 aromatic carbocycles. The number of aliphatic hydroxyl groups is 1. The highest BCUT2D eigenvalue weighted by Crippen LogP contribution is 2.07. The smallest absolute Gasteiger partial charge is 0.337 e. The SMILES string of the molecule is CC(=O)C(=O)NCC(O)C(=O)OC(C)(C)C. The van der Waals surface area contributed by atoms with Gasteiger partial charge < -0.3 is 15.2 Å². The van der Waals surface area contributed by atoms with Crippen molar-refractivity contribution in [3.05, 3.63) is 0 Å². The van der Waals surface area contributed by atoms with Gasteiger partial charge in [0.1, 0.15) is 5.60 Å². The lowest BCUT2D eigenvalue weighted by atomic mass is 10.2. The summed E-state index contributed by atoms with van der Waals surface area (Å²) in [6.45, 7) is 5.73. The number of Topliss-reactive ketones (excluding diaryl/α,β-unsaturated/α-hetero) is 1. The molecule has 0 aliphatic rings. The number of ketones is 1. The van der Waals surface area contributed by atoms with E-state index >= 15 is 0 Å². The molecule has 6 heteroatoms. The highest BCUT2D eigenvalue weighted by molar-refractivity contribution is 6.35. The lowest BCUT2D eigenvalue weighted by Crippen LogP contribution is -2.41. The number of carbonyl (C=O) groups is 3. The molecule has 0 aromatic heterocycles. The zero-order valence-corrected chi connectivity index (χ0v) is 9.86. The second kappa shape index (κ2) is 5.60. The molecule has 6 nitrogen and oxygen atoms in total. The van der Waals surface area contributed by atoms with Gasteiger partial charge >= 0.3 is 5.97 Å². The van der Waals surface area contributed by atoms with Crippen molar-refractivity contribution in [3.63, 3.8) is 0 Å². The average molecular weight is 231 g/mol. The van der Waals surface area contributed by atoms with Gasteiger partial charge in [-0.2, -0.15) is 0 Å². The average Bonchev–Trinajstić information content (AvgIpc) is 2.10. The summed E-state index contributed by atoms with van der Waals surface area (Å²) in [5.41, 5.74) is -0.706. The summed E-state index contributed by atoms with van der Waals surface area (Å²) in [4.78, 5) is 32.6. The van der Waals surface area contributed by atoms with Crippen LogP contribution in [0.4, 0.5) is 0 Å². The molecule has 0 fully saturated rings. The van der Waals surface area contributed by atoms with Gasteiger partial charge in [-0.05, 0) is 20.8 Å². The third-order valence-corrected chi connectivity index (χ3v) is 1.45. The quantitative estimate of drug-likeness (QED) is 0.497. The Hall–Kier alpha value is -1.43. The third kappa shape index (κ3) is 6.13. The molecule has 92 valence electrons. The monoisotopic (exact) mass is 231 g/mol. The number of aliphatic hydroxyl groups excluding tert-OH is 1. The fourth-order valence-corrected chi connectivity index (χ4v) is 0.767. The summed E-state index contributed by atoms with van der Waals surface area (Å²) in [5, 5.41) is 11.4. The highest BCUT2D eigenvalue weighted by Gasteiger charge is 2.23. The van der Waals surface area contributed by atoms with Crippen molar-refractivity contribution in [1.82, 2.24) is 5.32 Å². The fourth-order valence-electron chi connectivity index (χ4n) is 0.767. The maximum absolute atomic E-state index is 11.2. The van der Waals surface area contributed by atoms with Crippen LogP contribution in [-0.4, -0.2) is 41.0 Å². The van der Waals surface area contributed by atoms with Crippen molar-refractivity contribution in [2.24, 2.45) is 0 Å². The van der Waals surface area contributed by atoms with Crippen LogP contribution in [0.15, 0.2) is 0 Å². The lowest BCUT2D eigenvalue weighted by molar-refractivity contribution is -0.164. The van der Waals surface area contributed by atoms with Gasteiger partial charge in [-0.15, -0.1) is 0 Å². The van der Waals surface area contributed by atoms with Crippen LogP contribution in [0.1, 0.15) is 27.7 Å². The molecule has 0 aromatic rings. The minimum atomic E-state index is -1.47. The van der Waals surface area contributed by atoms with Gasteiger partial charge in [0.25, 0.3) is 5.91 Å². The summed E-state index contributed by atoms with van der Waals surface area (Å²) < 4.78 is 4.87. The molecule has 0 aliphatic carbocycles. The van der Waals surface area contributed by atoms with Crippen LogP contribution in [-0.2, 0) is 19.1 Å². The molecule has 0 saturated heterocycles. The van der Waals surface area contributed by atoms with Crippen LogP contribution in [0, 0.1) is 0 Å². The maximum Gasteiger partial charge on any atom is 0.337 e. The van der Waals surface area contributed by atoms with E-state index in [2.05, 4.69) is 5.32 Å². The number of amides is 1. The molecule has 0 radical (unpaired) electrons. The first-order valence-corrected chi connectivity index (χ1v) is 4.83. The number of hydrogen-bond donors (Lipinski definition) is 2. The number of esters is 1. The fraction of sp³-hybridized carbons (Fsp3) is 0.700. The molecule has 0 rings (SSSR count). The standard InChI is InChI=1S/C10H17NO5/c1-6(12)8(14)11-5-7(13)9(15)16-10(2,3)4/h7,13H,5H2,1-4H3,(H,11,14). The zero-order chi connectivity index (χ0) is 12.9. The van der Waals surface area contributed by atoms with Crippen LogP contribution in [0.25, 0.3) is 0 Å². The number of rotatable bonds is 4. The Bertz CT molecular complexity index is 292. The highest BCUT2D eigenvalue weighted by atomic mass is 16.6. The van der Waals surface area contributed by atoms with Crippen LogP contribution >= 0.6 is 0 Å². The van der Waals surface area contributed by atoms with Gasteiger partial charge in [-0.3, -0.25) is 9.59 Å². The van der Waals surface area contributed by atoms with Crippen molar-refractivity contribution in [2.75, 3.05) is 6.54 Å². The molecule has 2 N–H and O–H groups in total. The van der Waals surface area contributed by atoms with Crippen LogP contribution in [0.5, 0.6) is 0 Å². The minimum absolute atomic E-state index is 0.340. The Morgan fingerprint density at radius 1 is 1.31 bits per heavy atom. The van der Waals surface area contributed by atoms with E-state index in [0.717, 1.165) is 6.92 Å². The molecule has 16 heavy (non-hydrogen) atoms. The summed E-state index contributed by atoms with van der Waals surface area (Å²) >= 11 is 0. The number of carbonyl (C=O) groups excluding carboxylic acids is 3. The Morgan fingerprint density at radius 3 is 2.19 bits per heavy atom. The van der Waals surface area contributed by atoms with Gasteiger partial charge in [0, 0.05) is 6.92 Å². The number of hydrogen-bond acceptors (Lipinski definition) is 5. The number of nitrogens with one attached hydrogen (secondary N) is 1. The summed E-state index contributed by atoms with van der Waals surface area (Å²) in [7, 11) is 0. The molecule has 0 saturated carbocycles. The van der Waals surface area contributed by atoms with E-state index in [9.17, 15) is 19.5 Å². The Labute approximate surface area is 94.0 Å². The molecular formula is C10H17NO5. The molecule has 0 bridgehead atoms. The molecular weight excluding hydrogens is 214 g/mol. The first kappa shape index (κ1) is 14.6. The van der Waals surface area contributed by atoms with Gasteiger partial charge in [-0.25, -0.2) is 4.79 Å². The molecule has 0 aliphatic heterocycles. The summed E-state index contributed by atoms with van der Waals surface area (Å²) in [6.07, 6.45) is -1.47. The maximum atomic E-state index is 11.2. The number of ether oxygens (including phenoxy) is 1. The Morgan fingerprint density at radius 2 is 1.81 bits per heavy atom. The molecule has 0 heterocycles. The molecule has 0 spiro atoms. The van der Waals surface area contributed by atoms with Crippen molar-refractivity contribution in [1.29, 1.82) is 0 Å². The van der Waals surface area contributed by atoms with E-state index in [0.29, 0.717) is 0 Å². The Balaban J connectivity index is 4.07. The molecule has 1 unspecified atom stereocenters. The van der Waals surface area contributed by atoms with Crippen molar-refractivity contribution >= 4 is 17.7 Å². The van der Waals surface area contributed by atoms with Crippen molar-refractivity contribution in [3.8, 4) is 0 Å². The van der Waals surface area contributed by atoms with Crippen molar-refractivity contribution < 1.29 is 24.2 Å². The molecule has 1 amide bonds. The first-order valence-electron chi connectivity index (χ1n) is 4.83. The second-order valence-corrected chi connectivity index (χ2v) is 4.32. The largest absolute Gasteiger partial charge is 0.458 e. The first-order chi connectivity index (χ1) is 7.13. The zero-order valence-electron chi connectivity index (χ0n) is 9.86. The van der Waals surface area contributed by atoms with E-state index in [1.807, 2.05) is 0 Å². The molecule has 1 atom stereocenters. The Kier molecular flexibility index (Phi) is 5.10. The van der Waals surface area contributed by atoms with Crippen LogP contribution in [0.3, 0.4) is 0 Å².